The summed E-state index contributed by atoms with van der Waals surface area (Å²) in [6, 6.07) is 0. The molecule has 0 aromatic rings. The molecule has 9 N–H and O–H groups in total. The lowest BCUT2D eigenvalue weighted by molar-refractivity contribution is -0.213. The molecular formula is C15H29O19P3. The maximum Gasteiger partial charge on any atom is 0.472 e. The molecule has 0 bridgehead atoms. The highest BCUT2D eigenvalue weighted by atomic mass is 31.2. The SMILES string of the molecule is C=C(O)OC[C@H](COP(=O)(O)O[C@@H]1[C@H](O)[C@H](O)[C@@H](OP(=O)(O)O)[C@H](OP(=O)(O)O)[C@H]1O)OC(=O)CCC. The third-order valence-electron chi connectivity index (χ3n) is 4.40. The van der Waals surface area contributed by atoms with E-state index in [9.17, 15) is 38.7 Å². The normalized spacial score (nSPS) is 29.2. The van der Waals surface area contributed by atoms with E-state index in [1.807, 2.05) is 0 Å². The van der Waals surface area contributed by atoms with E-state index in [4.69, 9.17) is 29.4 Å². The standard InChI is InChI=1S/C15H29O19P3/c1-3-4-9(17)31-8(5-29-7(2)16)6-30-37(27,28)34-13-10(18)11(19)14(32-35(21,22)23)15(12(13)20)33-36(24,25)26/h8,10-16,18-20H,2-6H2,1H3,(H,27,28)(H2,21,22,23)(H2,24,25,26)/t8-,10-,11+,12+,13-,14-,15-/m1/s1. The van der Waals surface area contributed by atoms with Gasteiger partial charge in [-0.25, -0.2) is 13.7 Å². The van der Waals surface area contributed by atoms with Crippen LogP contribution in [0.4, 0.5) is 0 Å². The first-order valence-corrected chi connectivity index (χ1v) is 14.7. The van der Waals surface area contributed by atoms with Crippen molar-refractivity contribution in [1.29, 1.82) is 0 Å². The number of ether oxygens (including phenoxy) is 2. The molecular weight excluding hydrogens is 577 g/mol. The monoisotopic (exact) mass is 606 g/mol. The Balaban J connectivity index is 3.07. The lowest BCUT2D eigenvalue weighted by Gasteiger charge is -2.44. The van der Waals surface area contributed by atoms with Crippen molar-refractivity contribution in [2.45, 2.75) is 62.5 Å². The van der Waals surface area contributed by atoms with Gasteiger partial charge in [0.05, 0.1) is 6.61 Å². The van der Waals surface area contributed by atoms with Crippen molar-refractivity contribution >= 4 is 29.4 Å². The molecule has 0 aromatic heterocycles. The Morgan fingerprint density at radius 1 is 0.838 bits per heavy atom. The Morgan fingerprint density at radius 3 is 1.78 bits per heavy atom. The van der Waals surface area contributed by atoms with Gasteiger partial charge in [0.2, 0.25) is 0 Å². The molecule has 0 saturated heterocycles. The minimum Gasteiger partial charge on any atom is -0.481 e. The zero-order valence-corrected chi connectivity index (χ0v) is 21.7. The van der Waals surface area contributed by atoms with E-state index in [0.717, 1.165) is 0 Å². The van der Waals surface area contributed by atoms with Crippen molar-refractivity contribution in [3.8, 4) is 0 Å². The summed E-state index contributed by atoms with van der Waals surface area (Å²) in [6.45, 7) is 3.16. The molecule has 1 unspecified atom stereocenters. The third kappa shape index (κ3) is 12.2. The Hall–Kier alpha value is -0.980. The van der Waals surface area contributed by atoms with Crippen LogP contribution in [-0.2, 0) is 46.1 Å². The van der Waals surface area contributed by atoms with Crippen LogP contribution in [0.15, 0.2) is 12.5 Å². The van der Waals surface area contributed by atoms with Gasteiger partial charge in [-0.3, -0.25) is 22.9 Å². The predicted octanol–water partition coefficient (Wildman–Crippen LogP) is -1.70. The molecule has 0 radical (unpaired) electrons. The smallest absolute Gasteiger partial charge is 0.472 e. The van der Waals surface area contributed by atoms with Crippen LogP contribution >= 0.6 is 23.5 Å². The summed E-state index contributed by atoms with van der Waals surface area (Å²) in [5.41, 5.74) is 0. The highest BCUT2D eigenvalue weighted by Gasteiger charge is 2.56. The minimum atomic E-state index is -5.55. The average Bonchev–Trinajstić information content (AvgIpc) is 2.72. The number of aliphatic hydroxyl groups is 4. The zero-order chi connectivity index (χ0) is 28.8. The lowest BCUT2D eigenvalue weighted by atomic mass is 9.85. The molecule has 0 aromatic carbocycles. The predicted molar refractivity (Wildman–Crippen MR) is 115 cm³/mol. The van der Waals surface area contributed by atoms with E-state index in [-0.39, 0.29) is 6.42 Å². The highest BCUT2D eigenvalue weighted by Crippen LogP contribution is 2.51. The second-order valence-electron chi connectivity index (χ2n) is 7.49. The molecule has 0 amide bonds. The Labute approximate surface area is 209 Å². The van der Waals surface area contributed by atoms with E-state index in [2.05, 4.69) is 29.4 Å². The summed E-state index contributed by atoms with van der Waals surface area (Å²) in [4.78, 5) is 57.8. The van der Waals surface area contributed by atoms with Crippen molar-refractivity contribution < 1.29 is 91.0 Å². The van der Waals surface area contributed by atoms with Crippen LogP contribution in [0, 0.1) is 0 Å². The van der Waals surface area contributed by atoms with Crippen LogP contribution in [0.3, 0.4) is 0 Å². The quantitative estimate of drug-likeness (QED) is 0.0570. The van der Waals surface area contributed by atoms with Gasteiger partial charge in [0.1, 0.15) is 43.2 Å². The van der Waals surface area contributed by atoms with Gasteiger partial charge >= 0.3 is 29.4 Å². The number of aliphatic hydroxyl groups excluding tert-OH is 4. The first kappa shape index (κ1) is 34.0. The number of esters is 1. The molecule has 1 rings (SSSR count). The first-order valence-electron chi connectivity index (χ1n) is 10.1. The molecule has 37 heavy (non-hydrogen) atoms. The fourth-order valence-corrected chi connectivity index (χ4v) is 5.06. The number of carbonyl (C=O) groups is 1. The molecule has 0 heterocycles. The fraction of sp³-hybridized carbons (Fsp3) is 0.800. The van der Waals surface area contributed by atoms with Crippen LogP contribution in [0.2, 0.25) is 0 Å². The van der Waals surface area contributed by atoms with E-state index < -0.39 is 91.3 Å². The molecule has 22 heteroatoms. The molecule has 19 nitrogen and oxygen atoms in total. The van der Waals surface area contributed by atoms with Gasteiger partial charge in [-0.15, -0.1) is 0 Å². The van der Waals surface area contributed by atoms with Crippen LogP contribution < -0.4 is 0 Å². The maximum absolute atomic E-state index is 12.4. The van der Waals surface area contributed by atoms with Gasteiger partial charge < -0.3 is 54.4 Å². The highest BCUT2D eigenvalue weighted by molar-refractivity contribution is 7.47. The Bertz CT molecular complexity index is 914. The molecule has 1 fully saturated rings. The van der Waals surface area contributed by atoms with E-state index in [1.165, 1.54) is 0 Å². The van der Waals surface area contributed by atoms with Gasteiger partial charge in [0, 0.05) is 6.42 Å². The van der Waals surface area contributed by atoms with E-state index in [0.29, 0.717) is 6.42 Å². The number of phosphoric ester groups is 3. The molecule has 0 spiro atoms. The van der Waals surface area contributed by atoms with Gasteiger partial charge in [0.15, 0.2) is 6.10 Å². The lowest BCUT2D eigenvalue weighted by Crippen LogP contribution is -2.65. The second-order valence-corrected chi connectivity index (χ2v) is 11.3. The summed E-state index contributed by atoms with van der Waals surface area (Å²) in [5, 5.41) is 39.8. The van der Waals surface area contributed by atoms with Crippen LogP contribution in [0.25, 0.3) is 0 Å². The largest absolute Gasteiger partial charge is 0.481 e. The third-order valence-corrected chi connectivity index (χ3v) is 6.43. The van der Waals surface area contributed by atoms with Crippen molar-refractivity contribution in [2.24, 2.45) is 0 Å². The van der Waals surface area contributed by atoms with E-state index in [1.54, 1.807) is 6.92 Å². The summed E-state index contributed by atoms with van der Waals surface area (Å²) in [5.74, 6) is -1.56. The maximum atomic E-state index is 12.4. The molecule has 1 aliphatic rings. The topological polar surface area (TPSA) is 306 Å². The molecule has 8 atom stereocenters. The van der Waals surface area contributed by atoms with Crippen molar-refractivity contribution in [3.63, 3.8) is 0 Å². The van der Waals surface area contributed by atoms with Gasteiger partial charge in [-0.05, 0) is 13.0 Å². The summed E-state index contributed by atoms with van der Waals surface area (Å²) in [7, 11) is -16.4. The number of carbonyl (C=O) groups excluding carboxylic acids is 1. The minimum absolute atomic E-state index is 0.0546. The van der Waals surface area contributed by atoms with Crippen LogP contribution in [-0.4, -0.2) is 107 Å². The molecule has 0 aliphatic heterocycles. The fourth-order valence-electron chi connectivity index (χ4n) is 2.97. The van der Waals surface area contributed by atoms with Gasteiger partial charge in [-0.2, -0.15) is 0 Å². The van der Waals surface area contributed by atoms with Crippen LogP contribution in [0.1, 0.15) is 19.8 Å². The summed E-state index contributed by atoms with van der Waals surface area (Å²) >= 11 is 0. The number of hydrogen-bond donors (Lipinski definition) is 9. The van der Waals surface area contributed by atoms with Gasteiger partial charge in [0.25, 0.3) is 5.95 Å². The second kappa shape index (κ2) is 13.9. The Kier molecular flexibility index (Phi) is 12.8. The van der Waals surface area contributed by atoms with E-state index >= 15 is 0 Å². The Morgan fingerprint density at radius 2 is 1.32 bits per heavy atom. The average molecular weight is 606 g/mol. The zero-order valence-electron chi connectivity index (χ0n) is 19.0. The molecule has 1 aliphatic carbocycles. The first-order chi connectivity index (χ1) is 16.8. The number of hydrogen-bond acceptors (Lipinski definition) is 14. The number of phosphoric acid groups is 3. The molecule has 218 valence electrons. The summed E-state index contributed by atoms with van der Waals surface area (Å²) in [6.07, 6.45) is -16.0. The van der Waals surface area contributed by atoms with Crippen molar-refractivity contribution in [2.75, 3.05) is 13.2 Å². The molecule has 1 saturated carbocycles. The van der Waals surface area contributed by atoms with Crippen molar-refractivity contribution in [3.05, 3.63) is 12.5 Å². The van der Waals surface area contributed by atoms with Crippen molar-refractivity contribution in [1.82, 2.24) is 0 Å². The number of rotatable bonds is 15. The van der Waals surface area contributed by atoms with Crippen LogP contribution in [0.5, 0.6) is 0 Å². The van der Waals surface area contributed by atoms with Gasteiger partial charge in [-0.1, -0.05) is 6.92 Å². The summed E-state index contributed by atoms with van der Waals surface area (Å²) < 4.78 is 62.2.